The Morgan fingerprint density at radius 2 is 1.82 bits per heavy atom. The van der Waals surface area contributed by atoms with Crippen molar-refractivity contribution in [3.8, 4) is 0 Å². The van der Waals surface area contributed by atoms with Crippen LogP contribution in [0.1, 0.15) is 44.1 Å². The van der Waals surface area contributed by atoms with Crippen LogP contribution in [-0.2, 0) is 16.9 Å². The van der Waals surface area contributed by atoms with E-state index in [4.69, 9.17) is 0 Å². The summed E-state index contributed by atoms with van der Waals surface area (Å²) in [5.74, 6) is 0.156. The zero-order chi connectivity index (χ0) is 19.6. The minimum Gasteiger partial charge on any atom is -0.385 e. The summed E-state index contributed by atoms with van der Waals surface area (Å²) in [5.41, 5.74) is 0.0252. The molecule has 2 aliphatic rings. The molecule has 5 nitrogen and oxygen atoms in total. The summed E-state index contributed by atoms with van der Waals surface area (Å²) in [5, 5.41) is 11.6. The van der Waals surface area contributed by atoms with Crippen molar-refractivity contribution in [2.75, 3.05) is 6.54 Å². The minimum atomic E-state index is -0.862. The Labute approximate surface area is 165 Å². The van der Waals surface area contributed by atoms with Crippen molar-refractivity contribution in [2.45, 2.75) is 56.7 Å². The molecule has 2 aromatic rings. The molecule has 0 bridgehead atoms. The highest BCUT2D eigenvalue weighted by Crippen LogP contribution is 2.47. The van der Waals surface area contributed by atoms with E-state index in [2.05, 4.69) is 0 Å². The van der Waals surface area contributed by atoms with Gasteiger partial charge in [-0.1, -0.05) is 49.2 Å². The van der Waals surface area contributed by atoms with E-state index in [9.17, 15) is 14.7 Å². The van der Waals surface area contributed by atoms with E-state index in [1.807, 2.05) is 41.3 Å². The molecule has 1 aromatic heterocycles. The Morgan fingerprint density at radius 1 is 1.07 bits per heavy atom. The fourth-order valence-corrected chi connectivity index (χ4v) is 5.08. The molecule has 2 heterocycles. The fourth-order valence-electron chi connectivity index (χ4n) is 5.08. The maximum atomic E-state index is 13.0. The summed E-state index contributed by atoms with van der Waals surface area (Å²) in [6, 6.07) is 15.0. The highest BCUT2D eigenvalue weighted by Gasteiger charge is 2.50. The van der Waals surface area contributed by atoms with E-state index in [1.54, 1.807) is 16.8 Å². The normalized spacial score (nSPS) is 27.2. The van der Waals surface area contributed by atoms with E-state index < -0.39 is 5.60 Å². The van der Waals surface area contributed by atoms with Crippen LogP contribution in [-0.4, -0.2) is 33.1 Å². The molecule has 2 fully saturated rings. The number of pyridine rings is 1. The Hall–Kier alpha value is -2.40. The number of hydrogen-bond acceptors (Lipinski definition) is 3. The molecular formula is C23H28N2O3. The van der Waals surface area contributed by atoms with Gasteiger partial charge in [-0.2, -0.15) is 0 Å². The number of carbonyl (C=O) groups is 1. The number of hydrogen-bond donors (Lipinski definition) is 1. The number of benzene rings is 1. The lowest BCUT2D eigenvalue weighted by Gasteiger charge is -2.52. The lowest BCUT2D eigenvalue weighted by atomic mass is 9.66. The highest BCUT2D eigenvalue weighted by molar-refractivity contribution is 5.76. The summed E-state index contributed by atoms with van der Waals surface area (Å²) in [7, 11) is 0. The van der Waals surface area contributed by atoms with Crippen molar-refractivity contribution in [2.24, 2.45) is 5.92 Å². The second-order valence-corrected chi connectivity index (χ2v) is 8.07. The predicted octanol–water partition coefficient (Wildman–Crippen LogP) is 2.92. The van der Waals surface area contributed by atoms with Gasteiger partial charge in [0.2, 0.25) is 5.91 Å². The summed E-state index contributed by atoms with van der Waals surface area (Å²) >= 11 is 0. The number of carbonyl (C=O) groups excluding carboxylic acids is 1. The molecule has 148 valence electrons. The average Bonchev–Trinajstić information content (AvgIpc) is 2.74. The van der Waals surface area contributed by atoms with Gasteiger partial charge in [-0.15, -0.1) is 0 Å². The number of amides is 1. The van der Waals surface area contributed by atoms with Crippen molar-refractivity contribution in [1.29, 1.82) is 0 Å². The molecule has 5 heteroatoms. The largest absolute Gasteiger partial charge is 0.385 e. The first kappa shape index (κ1) is 18.9. The molecule has 28 heavy (non-hydrogen) atoms. The lowest BCUT2D eigenvalue weighted by molar-refractivity contribution is -0.155. The second-order valence-electron chi connectivity index (χ2n) is 8.07. The standard InChI is InChI=1S/C23H28N2O3/c26-21-12-6-7-15-24(21)16-13-22(27)25-17-14-23(28,18-8-2-1-3-9-18)19-10-4-5-11-20(19)25/h1-3,6-9,12,15,19-20,28H,4-5,10-11,13-14,16-17H2/t19-,20-,23+/m0/s1. The van der Waals surface area contributed by atoms with Crippen LogP contribution in [0.5, 0.6) is 0 Å². The molecular weight excluding hydrogens is 352 g/mol. The van der Waals surface area contributed by atoms with Crippen LogP contribution in [0.15, 0.2) is 59.5 Å². The Morgan fingerprint density at radius 3 is 2.61 bits per heavy atom. The third-order valence-corrected chi connectivity index (χ3v) is 6.54. The number of aryl methyl sites for hydroxylation is 1. The summed E-state index contributed by atoms with van der Waals surface area (Å²) in [4.78, 5) is 26.9. The van der Waals surface area contributed by atoms with Crippen LogP contribution >= 0.6 is 0 Å². The van der Waals surface area contributed by atoms with Gasteiger partial charge in [0.25, 0.3) is 5.56 Å². The quantitative estimate of drug-likeness (QED) is 0.887. The molecule has 1 aliphatic carbocycles. The molecule has 1 aliphatic heterocycles. The summed E-state index contributed by atoms with van der Waals surface area (Å²) in [6.07, 6.45) is 6.68. The van der Waals surface area contributed by atoms with Crippen LogP contribution in [0.4, 0.5) is 0 Å². The Balaban J connectivity index is 1.51. The molecule has 0 spiro atoms. The van der Waals surface area contributed by atoms with Gasteiger partial charge in [0, 0.05) is 43.7 Å². The molecule has 3 atom stereocenters. The topological polar surface area (TPSA) is 62.5 Å². The van der Waals surface area contributed by atoms with Crippen LogP contribution < -0.4 is 5.56 Å². The molecule has 0 radical (unpaired) electrons. The molecule has 1 N–H and O–H groups in total. The zero-order valence-corrected chi connectivity index (χ0v) is 16.2. The van der Waals surface area contributed by atoms with Crippen molar-refractivity contribution in [1.82, 2.24) is 9.47 Å². The van der Waals surface area contributed by atoms with Crippen LogP contribution in [0, 0.1) is 5.92 Å². The molecule has 0 unspecified atom stereocenters. The first-order chi connectivity index (χ1) is 13.6. The maximum absolute atomic E-state index is 13.0. The van der Waals surface area contributed by atoms with Gasteiger partial charge in [-0.3, -0.25) is 9.59 Å². The van der Waals surface area contributed by atoms with Gasteiger partial charge < -0.3 is 14.6 Å². The van der Waals surface area contributed by atoms with Crippen LogP contribution in [0.2, 0.25) is 0 Å². The van der Waals surface area contributed by atoms with Crippen molar-refractivity contribution >= 4 is 5.91 Å². The van der Waals surface area contributed by atoms with Crippen LogP contribution in [0.25, 0.3) is 0 Å². The minimum absolute atomic E-state index is 0.0702. The Kier molecular flexibility index (Phi) is 5.36. The number of piperidine rings is 1. The second kappa shape index (κ2) is 7.92. The van der Waals surface area contributed by atoms with Crippen molar-refractivity contribution in [3.05, 3.63) is 70.6 Å². The number of fused-ring (bicyclic) bond motifs is 1. The lowest BCUT2D eigenvalue weighted by Crippen LogP contribution is -2.59. The van der Waals surface area contributed by atoms with Gasteiger partial charge in [-0.25, -0.2) is 0 Å². The molecule has 1 saturated heterocycles. The number of aliphatic hydroxyl groups is 1. The maximum Gasteiger partial charge on any atom is 0.250 e. The van der Waals surface area contributed by atoms with Crippen LogP contribution in [0.3, 0.4) is 0 Å². The first-order valence-corrected chi connectivity index (χ1v) is 10.3. The number of nitrogens with zero attached hydrogens (tertiary/aromatic N) is 2. The molecule has 1 saturated carbocycles. The summed E-state index contributed by atoms with van der Waals surface area (Å²) in [6.45, 7) is 0.963. The van der Waals surface area contributed by atoms with Crippen molar-refractivity contribution in [3.63, 3.8) is 0 Å². The third-order valence-electron chi connectivity index (χ3n) is 6.54. The first-order valence-electron chi connectivity index (χ1n) is 10.3. The predicted molar refractivity (Wildman–Crippen MR) is 108 cm³/mol. The number of aromatic nitrogens is 1. The van der Waals surface area contributed by atoms with E-state index in [-0.39, 0.29) is 23.4 Å². The smallest absolute Gasteiger partial charge is 0.250 e. The summed E-state index contributed by atoms with van der Waals surface area (Å²) < 4.78 is 1.58. The monoisotopic (exact) mass is 380 g/mol. The SMILES string of the molecule is O=C(CCn1ccccc1=O)N1CC[C@@](O)(c2ccccc2)[C@H]2CCCC[C@@H]21. The van der Waals surface area contributed by atoms with Crippen molar-refractivity contribution < 1.29 is 9.90 Å². The number of likely N-dealkylation sites (tertiary alicyclic amines) is 1. The zero-order valence-electron chi connectivity index (χ0n) is 16.2. The highest BCUT2D eigenvalue weighted by atomic mass is 16.3. The number of rotatable bonds is 4. The molecule has 1 aromatic carbocycles. The van der Waals surface area contributed by atoms with Gasteiger partial charge in [-0.05, 0) is 30.9 Å². The molecule has 4 rings (SSSR count). The van der Waals surface area contributed by atoms with Gasteiger partial charge in [0.1, 0.15) is 0 Å². The van der Waals surface area contributed by atoms with E-state index >= 15 is 0 Å². The van der Waals surface area contributed by atoms with E-state index in [0.717, 1.165) is 31.2 Å². The van der Waals surface area contributed by atoms with E-state index in [1.165, 1.54) is 6.07 Å². The van der Waals surface area contributed by atoms with Gasteiger partial charge in [0.15, 0.2) is 0 Å². The van der Waals surface area contributed by atoms with E-state index in [0.29, 0.717) is 25.9 Å². The van der Waals surface area contributed by atoms with Gasteiger partial charge >= 0.3 is 0 Å². The Bertz CT molecular complexity index is 879. The third kappa shape index (κ3) is 3.51. The van der Waals surface area contributed by atoms with Gasteiger partial charge in [0.05, 0.1) is 5.60 Å². The molecule has 1 amide bonds. The average molecular weight is 380 g/mol. The fraction of sp³-hybridized carbons (Fsp3) is 0.478.